The monoisotopic (exact) mass is 306 g/mol. The number of piperidine rings is 1. The van der Waals surface area contributed by atoms with Gasteiger partial charge in [0, 0.05) is 12.5 Å². The fraction of sp³-hybridized carbons (Fsp3) is 0.765. The number of esters is 1. The normalized spacial score (nSPS) is 21.9. The fourth-order valence-corrected chi connectivity index (χ4v) is 3.91. The molecule has 1 saturated carbocycles. The maximum atomic E-state index is 11.7. The summed E-state index contributed by atoms with van der Waals surface area (Å²) in [5.41, 5.74) is 0.355. The Bertz CT molecular complexity index is 486. The van der Waals surface area contributed by atoms with Crippen molar-refractivity contribution in [2.24, 2.45) is 5.92 Å². The van der Waals surface area contributed by atoms with Crippen LogP contribution in [0.4, 0.5) is 0 Å². The van der Waals surface area contributed by atoms with Crippen molar-refractivity contribution in [2.45, 2.75) is 50.9 Å². The van der Waals surface area contributed by atoms with Gasteiger partial charge in [-0.3, -0.25) is 0 Å². The number of carbonyl (C=O) groups excluding carboxylic acids is 1. The van der Waals surface area contributed by atoms with Gasteiger partial charge in [0.05, 0.1) is 7.11 Å². The Morgan fingerprint density at radius 3 is 2.68 bits per heavy atom. The maximum absolute atomic E-state index is 11.7. The first kappa shape index (κ1) is 15.5. The second-order valence-electron chi connectivity index (χ2n) is 6.64. The summed E-state index contributed by atoms with van der Waals surface area (Å²) in [6.07, 6.45) is 10.4. The van der Waals surface area contributed by atoms with Crippen LogP contribution in [0, 0.1) is 5.92 Å². The van der Waals surface area contributed by atoms with Crippen LogP contribution < -0.4 is 0 Å². The number of oxazole rings is 1. The minimum atomic E-state index is -0.395. The lowest BCUT2D eigenvalue weighted by Crippen LogP contribution is -2.37. The van der Waals surface area contributed by atoms with Gasteiger partial charge in [-0.2, -0.15) is 0 Å². The Morgan fingerprint density at radius 1 is 1.27 bits per heavy atom. The molecule has 2 aliphatic rings. The predicted octanol–water partition coefficient (Wildman–Crippen LogP) is 3.22. The minimum absolute atomic E-state index is 0.291. The van der Waals surface area contributed by atoms with Crippen LogP contribution in [-0.4, -0.2) is 42.6 Å². The summed E-state index contributed by atoms with van der Waals surface area (Å²) < 4.78 is 10.3. The third kappa shape index (κ3) is 3.51. The van der Waals surface area contributed by atoms with Gasteiger partial charge in [-0.15, -0.1) is 0 Å². The number of ether oxygens (including phenoxy) is 1. The lowest BCUT2D eigenvalue weighted by atomic mass is 9.87. The molecular formula is C17H26N2O3. The van der Waals surface area contributed by atoms with Crippen LogP contribution in [0.25, 0.3) is 0 Å². The number of hydrogen-bond acceptors (Lipinski definition) is 5. The minimum Gasteiger partial charge on any atom is -0.464 e. The van der Waals surface area contributed by atoms with Crippen molar-refractivity contribution in [3.63, 3.8) is 0 Å². The Labute approximate surface area is 132 Å². The standard InChI is InChI=1S/C17H26N2O3/c1-21-17(20)15-16(22-12-18-15)14-7-9-19(10-8-14)11-13-5-3-2-4-6-13/h12-14H,2-11H2,1H3. The fourth-order valence-electron chi connectivity index (χ4n) is 3.91. The molecule has 22 heavy (non-hydrogen) atoms. The number of hydrogen-bond donors (Lipinski definition) is 0. The Hall–Kier alpha value is -1.36. The molecule has 1 aliphatic carbocycles. The average Bonchev–Trinajstić information content (AvgIpc) is 3.05. The van der Waals surface area contributed by atoms with E-state index in [9.17, 15) is 4.79 Å². The van der Waals surface area contributed by atoms with E-state index < -0.39 is 5.97 Å². The number of methoxy groups -OCH3 is 1. The molecule has 0 amide bonds. The van der Waals surface area contributed by atoms with Gasteiger partial charge in [0.25, 0.3) is 0 Å². The number of nitrogens with zero attached hydrogens (tertiary/aromatic N) is 2. The van der Waals surface area contributed by atoms with E-state index in [1.54, 1.807) is 0 Å². The summed E-state index contributed by atoms with van der Waals surface area (Å²) >= 11 is 0. The number of rotatable bonds is 4. The molecule has 5 nitrogen and oxygen atoms in total. The molecular weight excluding hydrogens is 280 g/mol. The smallest absolute Gasteiger partial charge is 0.360 e. The van der Waals surface area contributed by atoms with Crippen molar-refractivity contribution in [1.82, 2.24) is 9.88 Å². The van der Waals surface area contributed by atoms with E-state index in [1.165, 1.54) is 52.2 Å². The van der Waals surface area contributed by atoms with E-state index in [-0.39, 0.29) is 0 Å². The van der Waals surface area contributed by atoms with Crippen LogP contribution in [-0.2, 0) is 4.74 Å². The van der Waals surface area contributed by atoms with Crippen LogP contribution >= 0.6 is 0 Å². The summed E-state index contributed by atoms with van der Waals surface area (Å²) in [4.78, 5) is 18.3. The van der Waals surface area contributed by atoms with Crippen LogP contribution in [0.2, 0.25) is 0 Å². The van der Waals surface area contributed by atoms with Crippen molar-refractivity contribution in [3.05, 3.63) is 17.8 Å². The number of aromatic nitrogens is 1. The van der Waals surface area contributed by atoms with Gasteiger partial charge in [-0.1, -0.05) is 19.3 Å². The van der Waals surface area contributed by atoms with Gasteiger partial charge < -0.3 is 14.1 Å². The van der Waals surface area contributed by atoms with Crippen molar-refractivity contribution in [3.8, 4) is 0 Å². The molecule has 1 saturated heterocycles. The summed E-state index contributed by atoms with van der Waals surface area (Å²) in [5.74, 6) is 1.50. The lowest BCUT2D eigenvalue weighted by molar-refractivity contribution is 0.0590. The largest absolute Gasteiger partial charge is 0.464 e. The first-order valence-corrected chi connectivity index (χ1v) is 8.52. The summed E-state index contributed by atoms with van der Waals surface area (Å²) in [6.45, 7) is 3.41. The Balaban J connectivity index is 1.53. The topological polar surface area (TPSA) is 55.6 Å². The highest BCUT2D eigenvalue weighted by Gasteiger charge is 2.29. The first-order valence-electron chi connectivity index (χ1n) is 8.52. The highest BCUT2D eigenvalue weighted by molar-refractivity contribution is 5.88. The van der Waals surface area contributed by atoms with Gasteiger partial charge >= 0.3 is 5.97 Å². The molecule has 2 fully saturated rings. The van der Waals surface area contributed by atoms with E-state index in [4.69, 9.17) is 9.15 Å². The van der Waals surface area contributed by atoms with Gasteiger partial charge in [-0.25, -0.2) is 9.78 Å². The van der Waals surface area contributed by atoms with Gasteiger partial charge in [0.15, 0.2) is 12.1 Å². The highest BCUT2D eigenvalue weighted by Crippen LogP contribution is 2.32. The SMILES string of the molecule is COC(=O)c1ncoc1C1CCN(CC2CCCCC2)CC1. The van der Waals surface area contributed by atoms with Crippen molar-refractivity contribution >= 4 is 5.97 Å². The molecule has 1 aliphatic heterocycles. The third-order valence-electron chi connectivity index (χ3n) is 5.17. The van der Waals surface area contributed by atoms with Gasteiger partial charge in [0.1, 0.15) is 5.76 Å². The molecule has 0 N–H and O–H groups in total. The van der Waals surface area contributed by atoms with E-state index >= 15 is 0 Å². The van der Waals surface area contributed by atoms with Crippen molar-refractivity contribution < 1.29 is 13.9 Å². The quantitative estimate of drug-likeness (QED) is 0.799. The molecule has 2 heterocycles. The molecule has 5 heteroatoms. The van der Waals surface area contributed by atoms with Crippen LogP contribution in [0.15, 0.2) is 10.8 Å². The van der Waals surface area contributed by atoms with Crippen LogP contribution in [0.1, 0.15) is 67.1 Å². The molecule has 0 spiro atoms. The second-order valence-corrected chi connectivity index (χ2v) is 6.64. The van der Waals surface area contributed by atoms with Gasteiger partial charge in [-0.05, 0) is 44.7 Å². The molecule has 0 radical (unpaired) electrons. The molecule has 3 rings (SSSR count). The first-order chi connectivity index (χ1) is 10.8. The predicted molar refractivity (Wildman–Crippen MR) is 82.8 cm³/mol. The third-order valence-corrected chi connectivity index (χ3v) is 5.17. The molecule has 1 aromatic heterocycles. The van der Waals surface area contributed by atoms with E-state index in [2.05, 4.69) is 9.88 Å². The molecule has 1 aromatic rings. The Morgan fingerprint density at radius 2 is 2.00 bits per heavy atom. The average molecular weight is 306 g/mol. The van der Waals surface area contributed by atoms with Crippen molar-refractivity contribution in [1.29, 1.82) is 0 Å². The van der Waals surface area contributed by atoms with Crippen molar-refractivity contribution in [2.75, 3.05) is 26.7 Å². The maximum Gasteiger partial charge on any atom is 0.360 e. The van der Waals surface area contributed by atoms with Crippen LogP contribution in [0.3, 0.4) is 0 Å². The van der Waals surface area contributed by atoms with Gasteiger partial charge in [0.2, 0.25) is 0 Å². The summed E-state index contributed by atoms with van der Waals surface area (Å²) in [5, 5.41) is 0. The molecule has 0 bridgehead atoms. The molecule has 122 valence electrons. The van der Waals surface area contributed by atoms with E-state index in [1.807, 2.05) is 0 Å². The van der Waals surface area contributed by atoms with E-state index in [0.29, 0.717) is 17.4 Å². The molecule has 0 atom stereocenters. The number of likely N-dealkylation sites (tertiary alicyclic amines) is 1. The Kier molecular flexibility index (Phi) is 5.13. The second kappa shape index (κ2) is 7.27. The lowest BCUT2D eigenvalue weighted by Gasteiger charge is -2.34. The zero-order valence-electron chi connectivity index (χ0n) is 13.4. The summed E-state index contributed by atoms with van der Waals surface area (Å²) in [6, 6.07) is 0. The van der Waals surface area contributed by atoms with Crippen LogP contribution in [0.5, 0.6) is 0 Å². The zero-order chi connectivity index (χ0) is 15.4. The molecule has 0 unspecified atom stereocenters. The summed E-state index contributed by atoms with van der Waals surface area (Å²) in [7, 11) is 1.38. The van der Waals surface area contributed by atoms with E-state index in [0.717, 1.165) is 31.8 Å². The number of carbonyl (C=O) groups is 1. The highest BCUT2D eigenvalue weighted by atomic mass is 16.5. The molecule has 0 aromatic carbocycles. The zero-order valence-corrected chi connectivity index (χ0v) is 13.4.